The van der Waals surface area contributed by atoms with Gasteiger partial charge >= 0.3 is 12.2 Å². The molecule has 0 saturated carbocycles. The molecule has 0 aliphatic heterocycles. The molecule has 108 valence electrons. The number of nitrogens with zero attached hydrogens (tertiary/aromatic N) is 2. The van der Waals surface area contributed by atoms with Crippen LogP contribution in [-0.4, -0.2) is 6.03 Å². The van der Waals surface area contributed by atoms with Gasteiger partial charge in [-0.25, -0.2) is 4.79 Å². The molecule has 0 aliphatic rings. The van der Waals surface area contributed by atoms with Crippen LogP contribution in [0.1, 0.15) is 5.56 Å². The third-order valence-electron chi connectivity index (χ3n) is 2.22. The Morgan fingerprint density at radius 3 is 2.33 bits per heavy atom. The number of carbonyl (C=O) groups excluding carboxylic acids is 1. The number of nitrogens with one attached hydrogen (secondary N) is 2. The van der Waals surface area contributed by atoms with Crippen LogP contribution in [0.15, 0.2) is 35.7 Å². The van der Waals surface area contributed by atoms with E-state index in [4.69, 9.17) is 16.3 Å². The first-order chi connectivity index (χ1) is 9.79. The van der Waals surface area contributed by atoms with E-state index in [1.807, 2.05) is 10.6 Å². The van der Waals surface area contributed by atoms with Gasteiger partial charge in [-0.15, -0.1) is 0 Å². The second-order valence-electron chi connectivity index (χ2n) is 3.63. The molecule has 0 radical (unpaired) electrons. The minimum Gasteiger partial charge on any atom is -0.388 e. The maximum atomic E-state index is 12.7. The van der Waals surface area contributed by atoms with Gasteiger partial charge in [-0.1, -0.05) is 12.1 Å². The van der Waals surface area contributed by atoms with E-state index < -0.39 is 34.9 Å². The van der Waals surface area contributed by atoms with E-state index in [9.17, 15) is 18.0 Å². The predicted molar refractivity (Wildman–Crippen MR) is 66.0 cm³/mol. The Labute approximate surface area is 117 Å². The molecule has 4 N–H and O–H groups in total. The van der Waals surface area contributed by atoms with Crippen molar-refractivity contribution in [2.75, 3.05) is 5.32 Å². The third-order valence-corrected chi connectivity index (χ3v) is 2.22. The molecule has 0 atom stereocenters. The fourth-order valence-corrected chi connectivity index (χ4v) is 1.32. The van der Waals surface area contributed by atoms with Crippen molar-refractivity contribution in [1.82, 2.24) is 5.32 Å². The number of carbonyl (C=O) groups is 1. The summed E-state index contributed by atoms with van der Waals surface area (Å²) in [5.74, 6) is 0. The van der Waals surface area contributed by atoms with Crippen LogP contribution < -0.4 is 16.4 Å². The van der Waals surface area contributed by atoms with Crippen molar-refractivity contribution in [2.45, 2.75) is 6.18 Å². The van der Waals surface area contributed by atoms with E-state index in [0.29, 0.717) is 0 Å². The lowest BCUT2D eigenvalue weighted by atomic mass is 10.1. The predicted octanol–water partition coefficient (Wildman–Crippen LogP) is 2.04. The number of allylic oxidation sites excluding steroid dienone is 2. The highest BCUT2D eigenvalue weighted by molar-refractivity contribution is 5.91. The van der Waals surface area contributed by atoms with E-state index in [2.05, 4.69) is 0 Å². The number of urea groups is 1. The van der Waals surface area contributed by atoms with E-state index in [1.54, 1.807) is 0 Å². The fraction of sp³-hybridized carbons (Fsp3) is 0.0833. The largest absolute Gasteiger partial charge is 0.418 e. The van der Waals surface area contributed by atoms with Gasteiger partial charge < -0.3 is 11.1 Å². The van der Waals surface area contributed by atoms with Crippen LogP contribution in [0, 0.1) is 22.7 Å². The van der Waals surface area contributed by atoms with Crippen molar-refractivity contribution < 1.29 is 18.0 Å². The summed E-state index contributed by atoms with van der Waals surface area (Å²) in [6.45, 7) is 0. The smallest absolute Gasteiger partial charge is 0.388 e. The molecule has 1 rings (SSSR count). The molecule has 0 aliphatic carbocycles. The highest BCUT2D eigenvalue weighted by atomic mass is 19.4. The number of amides is 2. The van der Waals surface area contributed by atoms with Gasteiger partial charge in [-0.2, -0.15) is 23.7 Å². The summed E-state index contributed by atoms with van der Waals surface area (Å²) in [5, 5.41) is 21.0. The van der Waals surface area contributed by atoms with Crippen molar-refractivity contribution in [3.05, 3.63) is 41.2 Å². The third kappa shape index (κ3) is 4.14. The van der Waals surface area contributed by atoms with Crippen LogP contribution in [0.3, 0.4) is 0 Å². The molecule has 2 amide bonds. The highest BCUT2D eigenvalue weighted by Gasteiger charge is 2.33. The van der Waals surface area contributed by atoms with Gasteiger partial charge in [0.05, 0.1) is 11.3 Å². The quantitative estimate of drug-likeness (QED) is 0.724. The van der Waals surface area contributed by atoms with Crippen molar-refractivity contribution in [3.8, 4) is 12.1 Å². The standard InChI is InChI=1S/C12H8F3N5O/c13-12(14,15)7-3-1-2-4-9(7)19-11(21)20-10(6-17)8(18)5-16/h1-4H,18H2,(H2,19,20,21). The maximum Gasteiger partial charge on any atom is 0.418 e. The number of hydrogen-bond acceptors (Lipinski definition) is 4. The highest BCUT2D eigenvalue weighted by Crippen LogP contribution is 2.34. The Balaban J connectivity index is 2.97. The van der Waals surface area contributed by atoms with Gasteiger partial charge in [0.1, 0.15) is 17.8 Å². The monoisotopic (exact) mass is 295 g/mol. The first kappa shape index (κ1) is 15.9. The molecule has 0 saturated heterocycles. The van der Waals surface area contributed by atoms with Crippen LogP contribution >= 0.6 is 0 Å². The van der Waals surface area contributed by atoms with Gasteiger partial charge in [0.2, 0.25) is 0 Å². The van der Waals surface area contributed by atoms with E-state index in [1.165, 1.54) is 24.3 Å². The minimum atomic E-state index is -4.65. The van der Waals surface area contributed by atoms with Crippen molar-refractivity contribution in [2.24, 2.45) is 5.73 Å². The molecule has 21 heavy (non-hydrogen) atoms. The second kappa shape index (κ2) is 6.30. The van der Waals surface area contributed by atoms with Crippen LogP contribution in [0.25, 0.3) is 0 Å². The van der Waals surface area contributed by atoms with E-state index in [-0.39, 0.29) is 0 Å². The summed E-state index contributed by atoms with van der Waals surface area (Å²) in [6, 6.07) is 6.07. The number of para-hydroxylation sites is 1. The first-order valence-electron chi connectivity index (χ1n) is 5.33. The lowest BCUT2D eigenvalue weighted by molar-refractivity contribution is -0.136. The molecular formula is C12H8F3N5O. The molecule has 0 spiro atoms. The number of hydrogen-bond donors (Lipinski definition) is 3. The lowest BCUT2D eigenvalue weighted by Gasteiger charge is -2.13. The Morgan fingerprint density at radius 2 is 1.81 bits per heavy atom. The van der Waals surface area contributed by atoms with Crippen LogP contribution in [0.5, 0.6) is 0 Å². The molecule has 9 heteroatoms. The van der Waals surface area contributed by atoms with Crippen LogP contribution in [-0.2, 0) is 6.18 Å². The SMILES string of the molecule is N#CC(N)=C(C#N)NC(=O)Nc1ccccc1C(F)(F)F. The molecule has 1 aromatic rings. The number of alkyl halides is 3. The molecule has 0 aromatic heterocycles. The maximum absolute atomic E-state index is 12.7. The van der Waals surface area contributed by atoms with Gasteiger partial charge in [-0.05, 0) is 12.1 Å². The number of benzene rings is 1. The Morgan fingerprint density at radius 1 is 1.19 bits per heavy atom. The van der Waals surface area contributed by atoms with E-state index in [0.717, 1.165) is 12.1 Å². The van der Waals surface area contributed by atoms with Crippen LogP contribution in [0.2, 0.25) is 0 Å². The molecule has 0 bridgehead atoms. The zero-order valence-corrected chi connectivity index (χ0v) is 10.3. The Hall–Kier alpha value is -3.20. The van der Waals surface area contributed by atoms with Crippen molar-refractivity contribution in [1.29, 1.82) is 10.5 Å². The summed E-state index contributed by atoms with van der Waals surface area (Å²) < 4.78 is 38.1. The number of halogens is 3. The Bertz CT molecular complexity index is 667. The summed E-state index contributed by atoms with van der Waals surface area (Å²) in [5.41, 5.74) is 2.49. The van der Waals surface area contributed by atoms with Gasteiger partial charge in [0.25, 0.3) is 0 Å². The molecule has 0 unspecified atom stereocenters. The van der Waals surface area contributed by atoms with Gasteiger partial charge in [-0.3, -0.25) is 5.32 Å². The lowest BCUT2D eigenvalue weighted by Crippen LogP contribution is -2.30. The molecular weight excluding hydrogens is 287 g/mol. The molecule has 0 heterocycles. The van der Waals surface area contributed by atoms with E-state index >= 15 is 0 Å². The van der Waals surface area contributed by atoms with Crippen molar-refractivity contribution in [3.63, 3.8) is 0 Å². The summed E-state index contributed by atoms with van der Waals surface area (Å²) in [6.07, 6.45) is -4.65. The molecule has 0 fully saturated rings. The average molecular weight is 295 g/mol. The first-order valence-corrected chi connectivity index (χ1v) is 5.33. The minimum absolute atomic E-state index is 0.490. The van der Waals surface area contributed by atoms with Crippen LogP contribution in [0.4, 0.5) is 23.7 Å². The summed E-state index contributed by atoms with van der Waals surface area (Å²) in [4.78, 5) is 11.5. The number of anilines is 1. The zero-order valence-electron chi connectivity index (χ0n) is 10.3. The van der Waals surface area contributed by atoms with Gasteiger partial charge in [0.15, 0.2) is 5.70 Å². The number of nitriles is 2. The topological polar surface area (TPSA) is 115 Å². The summed E-state index contributed by atoms with van der Waals surface area (Å²) >= 11 is 0. The Kier molecular flexibility index (Phi) is 4.76. The normalized spacial score (nSPS) is 11.7. The molecule has 6 nitrogen and oxygen atoms in total. The number of rotatable bonds is 2. The van der Waals surface area contributed by atoms with Crippen molar-refractivity contribution >= 4 is 11.7 Å². The zero-order chi connectivity index (χ0) is 16.0. The second-order valence-corrected chi connectivity index (χ2v) is 3.63. The number of nitrogens with two attached hydrogens (primary N) is 1. The van der Waals surface area contributed by atoms with Gasteiger partial charge in [0, 0.05) is 0 Å². The fourth-order valence-electron chi connectivity index (χ4n) is 1.32. The summed E-state index contributed by atoms with van der Waals surface area (Å²) in [7, 11) is 0. The molecule has 1 aromatic carbocycles. The average Bonchev–Trinajstić information content (AvgIpc) is 2.43.